The lowest BCUT2D eigenvalue weighted by atomic mass is 9.89. The molecule has 128 valence electrons. The highest BCUT2D eigenvalue weighted by atomic mass is 16.5. The number of esters is 1. The van der Waals surface area contributed by atoms with Gasteiger partial charge in [-0.25, -0.2) is 4.79 Å². The molecule has 4 rings (SSSR count). The molecule has 1 heterocycles. The molecule has 0 spiro atoms. The average Bonchev–Trinajstić information content (AvgIpc) is 2.66. The van der Waals surface area contributed by atoms with Crippen molar-refractivity contribution in [3.8, 4) is 0 Å². The van der Waals surface area contributed by atoms with Crippen LogP contribution in [0.15, 0.2) is 51.7 Å². The molecule has 1 aliphatic rings. The van der Waals surface area contributed by atoms with Gasteiger partial charge in [-0.15, -0.1) is 0 Å². The summed E-state index contributed by atoms with van der Waals surface area (Å²) in [6, 6.07) is 13.1. The van der Waals surface area contributed by atoms with Gasteiger partial charge < -0.3 is 9.15 Å². The maximum atomic E-state index is 12.3. The predicted octanol–water partition coefficient (Wildman–Crippen LogP) is 4.57. The van der Waals surface area contributed by atoms with Crippen LogP contribution >= 0.6 is 0 Å². The highest BCUT2D eigenvalue weighted by molar-refractivity contribution is 6.07. The van der Waals surface area contributed by atoms with Crippen LogP contribution in [0, 0.1) is 5.92 Å². The summed E-state index contributed by atoms with van der Waals surface area (Å²) in [7, 11) is 0. The molecule has 0 aliphatic heterocycles. The Hall–Kier alpha value is -2.62. The molecule has 0 bridgehead atoms. The molecule has 1 saturated carbocycles. The van der Waals surface area contributed by atoms with E-state index in [1.165, 1.54) is 12.5 Å². The fourth-order valence-electron chi connectivity index (χ4n) is 3.74. The number of fused-ring (bicyclic) bond motifs is 3. The number of benzene rings is 2. The summed E-state index contributed by atoms with van der Waals surface area (Å²) >= 11 is 0. The summed E-state index contributed by atoms with van der Waals surface area (Å²) in [5, 5.41) is 2.89. The van der Waals surface area contributed by atoms with E-state index in [9.17, 15) is 9.59 Å². The molecule has 0 radical (unpaired) electrons. The zero-order valence-corrected chi connectivity index (χ0v) is 14.0. The van der Waals surface area contributed by atoms with E-state index in [0.29, 0.717) is 11.1 Å². The molecule has 1 aromatic heterocycles. The minimum atomic E-state index is -0.425. The second kappa shape index (κ2) is 6.71. The lowest BCUT2D eigenvalue weighted by molar-refractivity contribution is -0.151. The third-order valence-electron chi connectivity index (χ3n) is 5.02. The summed E-state index contributed by atoms with van der Waals surface area (Å²) in [6.45, 7) is 0.103. The summed E-state index contributed by atoms with van der Waals surface area (Å²) in [5.41, 5.74) is 0.800. The third-order valence-corrected chi connectivity index (χ3v) is 5.02. The van der Waals surface area contributed by atoms with E-state index < -0.39 is 5.63 Å². The van der Waals surface area contributed by atoms with Crippen LogP contribution in [0.1, 0.15) is 37.7 Å². The van der Waals surface area contributed by atoms with Gasteiger partial charge in [-0.3, -0.25) is 4.79 Å². The van der Waals surface area contributed by atoms with Crippen molar-refractivity contribution in [2.45, 2.75) is 38.7 Å². The van der Waals surface area contributed by atoms with Gasteiger partial charge in [-0.1, -0.05) is 49.6 Å². The van der Waals surface area contributed by atoms with Gasteiger partial charge in [-0.2, -0.15) is 0 Å². The molecule has 0 unspecified atom stereocenters. The molecule has 25 heavy (non-hydrogen) atoms. The first-order valence-corrected chi connectivity index (χ1v) is 8.83. The molecule has 3 aromatic rings. The number of ether oxygens (including phenoxy) is 1. The molecule has 0 N–H and O–H groups in total. The van der Waals surface area contributed by atoms with Crippen LogP contribution < -0.4 is 5.63 Å². The summed E-state index contributed by atoms with van der Waals surface area (Å²) in [5.74, 6) is -0.154. The second-order valence-corrected chi connectivity index (χ2v) is 6.69. The zero-order chi connectivity index (χ0) is 17.2. The Morgan fingerprint density at radius 3 is 2.72 bits per heavy atom. The van der Waals surface area contributed by atoms with Crippen LogP contribution in [0.2, 0.25) is 0 Å². The van der Waals surface area contributed by atoms with Crippen LogP contribution in [-0.4, -0.2) is 5.97 Å². The summed E-state index contributed by atoms with van der Waals surface area (Å²) in [6.07, 6.45) is 5.17. The van der Waals surface area contributed by atoms with Gasteiger partial charge in [-0.05, 0) is 29.7 Å². The van der Waals surface area contributed by atoms with E-state index in [-0.39, 0.29) is 18.5 Å². The first kappa shape index (κ1) is 15.9. The highest BCUT2D eigenvalue weighted by Gasteiger charge is 2.23. The van der Waals surface area contributed by atoms with Gasteiger partial charge >= 0.3 is 11.6 Å². The quantitative estimate of drug-likeness (QED) is 0.399. The van der Waals surface area contributed by atoms with Crippen molar-refractivity contribution in [1.29, 1.82) is 0 Å². The summed E-state index contributed by atoms with van der Waals surface area (Å²) < 4.78 is 10.9. The molecule has 0 amide bonds. The van der Waals surface area contributed by atoms with Gasteiger partial charge in [0.05, 0.1) is 5.92 Å². The van der Waals surface area contributed by atoms with E-state index in [1.807, 2.05) is 30.3 Å². The molecule has 4 heteroatoms. The summed E-state index contributed by atoms with van der Waals surface area (Å²) in [4.78, 5) is 24.2. The molecule has 0 atom stereocenters. The Bertz CT molecular complexity index is 980. The average molecular weight is 336 g/mol. The van der Waals surface area contributed by atoms with Crippen LogP contribution in [0.4, 0.5) is 0 Å². The standard InChI is InChI=1S/C21H20O4/c22-19-12-16(13-24-21(23)15-7-2-1-3-8-15)20-17-9-5-4-6-14(17)10-11-18(20)25-19/h4-6,9-12,15H,1-3,7-8,13H2. The Balaban J connectivity index is 1.69. The van der Waals surface area contributed by atoms with E-state index in [2.05, 4.69) is 0 Å². The van der Waals surface area contributed by atoms with Crippen LogP contribution in [-0.2, 0) is 16.1 Å². The van der Waals surface area contributed by atoms with E-state index in [1.54, 1.807) is 6.07 Å². The lowest BCUT2D eigenvalue weighted by Gasteiger charge is -2.20. The van der Waals surface area contributed by atoms with Crippen LogP contribution in [0.3, 0.4) is 0 Å². The fourth-order valence-corrected chi connectivity index (χ4v) is 3.74. The molecule has 1 aliphatic carbocycles. The second-order valence-electron chi connectivity index (χ2n) is 6.69. The SMILES string of the molecule is O=C(OCc1cc(=O)oc2ccc3ccccc3c12)C1CCCCC1. The minimum absolute atomic E-state index is 0.00289. The lowest BCUT2D eigenvalue weighted by Crippen LogP contribution is -2.20. The fraction of sp³-hybridized carbons (Fsp3) is 0.333. The van der Waals surface area contributed by atoms with E-state index in [4.69, 9.17) is 9.15 Å². The smallest absolute Gasteiger partial charge is 0.336 e. The molecular weight excluding hydrogens is 316 g/mol. The Morgan fingerprint density at radius 1 is 1.08 bits per heavy atom. The van der Waals surface area contributed by atoms with Crippen molar-refractivity contribution in [2.24, 2.45) is 5.92 Å². The number of carbonyl (C=O) groups excluding carboxylic acids is 1. The van der Waals surface area contributed by atoms with Crippen molar-refractivity contribution in [1.82, 2.24) is 0 Å². The van der Waals surface area contributed by atoms with Gasteiger partial charge in [0.2, 0.25) is 0 Å². The molecular formula is C21H20O4. The molecule has 4 nitrogen and oxygen atoms in total. The topological polar surface area (TPSA) is 56.5 Å². The van der Waals surface area contributed by atoms with Crippen molar-refractivity contribution < 1.29 is 13.9 Å². The Labute approximate surface area is 145 Å². The maximum Gasteiger partial charge on any atom is 0.336 e. The Morgan fingerprint density at radius 2 is 1.88 bits per heavy atom. The third kappa shape index (κ3) is 3.16. The van der Waals surface area contributed by atoms with Gasteiger partial charge in [0.1, 0.15) is 12.2 Å². The van der Waals surface area contributed by atoms with Gasteiger partial charge in [0, 0.05) is 17.0 Å². The first-order chi connectivity index (χ1) is 12.2. The number of carbonyl (C=O) groups is 1. The van der Waals surface area contributed by atoms with Gasteiger partial charge in [0.15, 0.2) is 0 Å². The molecule has 1 fully saturated rings. The predicted molar refractivity (Wildman–Crippen MR) is 96.4 cm³/mol. The molecule has 0 saturated heterocycles. The van der Waals surface area contributed by atoms with Gasteiger partial charge in [0.25, 0.3) is 0 Å². The van der Waals surface area contributed by atoms with Crippen molar-refractivity contribution >= 4 is 27.7 Å². The van der Waals surface area contributed by atoms with E-state index >= 15 is 0 Å². The van der Waals surface area contributed by atoms with Crippen LogP contribution in [0.5, 0.6) is 0 Å². The minimum Gasteiger partial charge on any atom is -0.461 e. The number of hydrogen-bond donors (Lipinski definition) is 0. The zero-order valence-electron chi connectivity index (χ0n) is 14.0. The maximum absolute atomic E-state index is 12.3. The normalized spacial score (nSPS) is 15.5. The van der Waals surface area contributed by atoms with Crippen molar-refractivity contribution in [3.63, 3.8) is 0 Å². The first-order valence-electron chi connectivity index (χ1n) is 8.83. The highest BCUT2D eigenvalue weighted by Crippen LogP contribution is 2.29. The number of hydrogen-bond acceptors (Lipinski definition) is 4. The number of rotatable bonds is 3. The Kier molecular flexibility index (Phi) is 4.26. The molecule has 2 aromatic carbocycles. The van der Waals surface area contributed by atoms with E-state index in [0.717, 1.165) is 41.8 Å². The largest absolute Gasteiger partial charge is 0.461 e. The van der Waals surface area contributed by atoms with Crippen LogP contribution in [0.25, 0.3) is 21.7 Å². The van der Waals surface area contributed by atoms with Crippen molar-refractivity contribution in [2.75, 3.05) is 0 Å². The monoisotopic (exact) mass is 336 g/mol. The van der Waals surface area contributed by atoms with Crippen molar-refractivity contribution in [3.05, 3.63) is 58.4 Å².